The number of nitrogens with zero attached hydrogens (tertiary/aromatic N) is 1. The summed E-state index contributed by atoms with van der Waals surface area (Å²) in [5.41, 5.74) is 2.64. The number of carbonyl (C=O) groups is 1. The van der Waals surface area contributed by atoms with E-state index >= 15 is 0 Å². The molecule has 2 aromatic rings. The number of sulfonamides is 1. The van der Waals surface area contributed by atoms with Crippen molar-refractivity contribution in [2.24, 2.45) is 0 Å². The summed E-state index contributed by atoms with van der Waals surface area (Å²) in [7, 11) is -0.594. The van der Waals surface area contributed by atoms with Gasteiger partial charge in [0, 0.05) is 24.7 Å². The maximum atomic E-state index is 12.7. The molecule has 1 atom stereocenters. The molecule has 7 heteroatoms. The van der Waals surface area contributed by atoms with E-state index in [0.717, 1.165) is 14.8 Å². The van der Waals surface area contributed by atoms with Crippen molar-refractivity contribution < 1.29 is 13.2 Å². The van der Waals surface area contributed by atoms with Crippen LogP contribution in [0.25, 0.3) is 0 Å². The molecule has 29 heavy (non-hydrogen) atoms. The summed E-state index contributed by atoms with van der Waals surface area (Å²) in [6.45, 7) is 10.2. The van der Waals surface area contributed by atoms with Crippen LogP contribution < -0.4 is 5.32 Å². The molecule has 2 aromatic carbocycles. The van der Waals surface area contributed by atoms with Crippen LogP contribution in [0.5, 0.6) is 0 Å². The van der Waals surface area contributed by atoms with Gasteiger partial charge in [0.2, 0.25) is 15.9 Å². The number of hydrogen-bond acceptors (Lipinski definition) is 4. The van der Waals surface area contributed by atoms with E-state index in [1.54, 1.807) is 12.1 Å². The van der Waals surface area contributed by atoms with E-state index < -0.39 is 10.0 Å². The van der Waals surface area contributed by atoms with E-state index in [0.29, 0.717) is 5.69 Å². The fourth-order valence-corrected chi connectivity index (χ4v) is 4.43. The second-order valence-corrected chi connectivity index (χ2v) is 11.9. The predicted molar refractivity (Wildman–Crippen MR) is 121 cm³/mol. The summed E-state index contributed by atoms with van der Waals surface area (Å²) < 4.78 is 25.9. The lowest BCUT2D eigenvalue weighted by molar-refractivity contribution is -0.115. The van der Waals surface area contributed by atoms with E-state index in [1.165, 1.54) is 37.5 Å². The molecule has 0 aliphatic heterocycles. The van der Waals surface area contributed by atoms with Crippen molar-refractivity contribution in [1.82, 2.24) is 4.31 Å². The molecule has 0 aliphatic carbocycles. The third-order valence-electron chi connectivity index (χ3n) is 4.65. The van der Waals surface area contributed by atoms with Crippen LogP contribution in [0, 0.1) is 6.92 Å². The van der Waals surface area contributed by atoms with Gasteiger partial charge < -0.3 is 5.32 Å². The number of rotatable bonds is 6. The second-order valence-electron chi connectivity index (χ2n) is 8.29. The smallest absolute Gasteiger partial charge is 0.242 e. The number of amides is 1. The van der Waals surface area contributed by atoms with Crippen molar-refractivity contribution in [3.63, 3.8) is 0 Å². The first kappa shape index (κ1) is 23.4. The standard InChI is InChI=1S/C22H30N2O3S2/c1-15-8-13-19(29(26,27)24(6)7)14-20(15)23-21(25)16(2)28-18-11-9-17(10-12-18)22(3,4)5/h8-14,16H,1-7H3,(H,23,25)/t16-/m1/s1. The number of aryl methyl sites for hydroxylation is 1. The van der Waals surface area contributed by atoms with Gasteiger partial charge in [-0.3, -0.25) is 4.79 Å². The molecule has 0 saturated carbocycles. The normalized spacial score (nSPS) is 13.4. The van der Waals surface area contributed by atoms with Crippen LogP contribution in [0.15, 0.2) is 52.3 Å². The molecule has 0 radical (unpaired) electrons. The molecule has 0 fully saturated rings. The van der Waals surface area contributed by atoms with Crippen molar-refractivity contribution in [3.8, 4) is 0 Å². The fourth-order valence-electron chi connectivity index (χ4n) is 2.63. The minimum absolute atomic E-state index is 0.0849. The first-order chi connectivity index (χ1) is 13.3. The lowest BCUT2D eigenvalue weighted by atomic mass is 9.87. The van der Waals surface area contributed by atoms with Crippen LogP contribution in [0.3, 0.4) is 0 Å². The van der Waals surface area contributed by atoms with E-state index in [-0.39, 0.29) is 21.5 Å². The number of benzene rings is 2. The molecular formula is C22H30N2O3S2. The van der Waals surface area contributed by atoms with Gasteiger partial charge in [-0.25, -0.2) is 12.7 Å². The number of anilines is 1. The van der Waals surface area contributed by atoms with Crippen molar-refractivity contribution in [3.05, 3.63) is 53.6 Å². The summed E-state index contributed by atoms with van der Waals surface area (Å²) >= 11 is 1.47. The highest BCUT2D eigenvalue weighted by Gasteiger charge is 2.21. The summed E-state index contributed by atoms with van der Waals surface area (Å²) in [6, 6.07) is 13.0. The number of thioether (sulfide) groups is 1. The van der Waals surface area contributed by atoms with Crippen LogP contribution in [-0.4, -0.2) is 38.0 Å². The average Bonchev–Trinajstić information content (AvgIpc) is 2.62. The average molecular weight is 435 g/mol. The van der Waals surface area contributed by atoms with Gasteiger partial charge in [-0.15, -0.1) is 11.8 Å². The molecule has 0 aromatic heterocycles. The van der Waals surface area contributed by atoms with Crippen LogP contribution in [-0.2, 0) is 20.2 Å². The first-order valence-corrected chi connectivity index (χ1v) is 11.8. The lowest BCUT2D eigenvalue weighted by Crippen LogP contribution is -2.24. The zero-order valence-corrected chi connectivity index (χ0v) is 19.7. The highest BCUT2D eigenvalue weighted by Crippen LogP contribution is 2.29. The molecule has 0 heterocycles. The van der Waals surface area contributed by atoms with Crippen LogP contribution in [0.2, 0.25) is 0 Å². The number of hydrogen-bond donors (Lipinski definition) is 1. The maximum absolute atomic E-state index is 12.7. The Balaban J connectivity index is 2.13. The van der Waals surface area contributed by atoms with Crippen molar-refractivity contribution in [1.29, 1.82) is 0 Å². The third-order valence-corrected chi connectivity index (χ3v) is 7.57. The summed E-state index contributed by atoms with van der Waals surface area (Å²) in [4.78, 5) is 13.9. The largest absolute Gasteiger partial charge is 0.325 e. The lowest BCUT2D eigenvalue weighted by Gasteiger charge is -2.19. The Morgan fingerprint density at radius 3 is 2.17 bits per heavy atom. The van der Waals surface area contributed by atoms with Crippen molar-refractivity contribution in [2.75, 3.05) is 19.4 Å². The summed E-state index contributed by atoms with van der Waals surface area (Å²) in [6.07, 6.45) is 0. The molecule has 0 aliphatic rings. The van der Waals surface area contributed by atoms with E-state index in [4.69, 9.17) is 0 Å². The molecule has 0 bridgehead atoms. The van der Waals surface area contributed by atoms with E-state index in [9.17, 15) is 13.2 Å². The second kappa shape index (κ2) is 8.90. The Hall–Kier alpha value is -1.83. The molecule has 0 spiro atoms. The molecule has 1 amide bonds. The van der Waals surface area contributed by atoms with Crippen molar-refractivity contribution in [2.45, 2.75) is 55.1 Å². The van der Waals surface area contributed by atoms with Gasteiger partial charge in [0.1, 0.15) is 0 Å². The van der Waals surface area contributed by atoms with Crippen LogP contribution in [0.1, 0.15) is 38.8 Å². The first-order valence-electron chi connectivity index (χ1n) is 9.43. The number of carbonyl (C=O) groups excluding carboxylic acids is 1. The molecule has 0 saturated heterocycles. The Morgan fingerprint density at radius 1 is 1.07 bits per heavy atom. The minimum atomic E-state index is -3.56. The SMILES string of the molecule is Cc1ccc(S(=O)(=O)N(C)C)cc1NC(=O)[C@@H](C)Sc1ccc(C(C)(C)C)cc1. The topological polar surface area (TPSA) is 66.5 Å². The molecule has 158 valence electrons. The Morgan fingerprint density at radius 2 is 1.66 bits per heavy atom. The van der Waals surface area contributed by atoms with Gasteiger partial charge in [-0.05, 0) is 54.7 Å². The van der Waals surface area contributed by atoms with Crippen molar-refractivity contribution >= 4 is 33.4 Å². The summed E-state index contributed by atoms with van der Waals surface area (Å²) in [5.74, 6) is -0.169. The van der Waals surface area contributed by atoms with Gasteiger partial charge in [0.05, 0.1) is 10.1 Å². The monoisotopic (exact) mass is 434 g/mol. The molecule has 5 nitrogen and oxygen atoms in total. The quantitative estimate of drug-likeness (QED) is 0.672. The van der Waals surface area contributed by atoms with Gasteiger partial charge in [0.25, 0.3) is 0 Å². The Bertz CT molecular complexity index is 976. The molecular weight excluding hydrogens is 404 g/mol. The Kier molecular flexibility index (Phi) is 7.19. The maximum Gasteiger partial charge on any atom is 0.242 e. The fraction of sp³-hybridized carbons (Fsp3) is 0.409. The highest BCUT2D eigenvalue weighted by atomic mass is 32.2. The Labute approximate surface area is 178 Å². The van der Waals surface area contributed by atoms with Gasteiger partial charge in [-0.2, -0.15) is 0 Å². The molecule has 2 rings (SSSR count). The zero-order chi connectivity index (χ0) is 22.0. The third kappa shape index (κ3) is 5.84. The van der Waals surface area contributed by atoms with Gasteiger partial charge >= 0.3 is 0 Å². The predicted octanol–water partition coefficient (Wildman–Crippen LogP) is 4.66. The minimum Gasteiger partial charge on any atom is -0.325 e. The van der Waals surface area contributed by atoms with Crippen LogP contribution >= 0.6 is 11.8 Å². The van der Waals surface area contributed by atoms with E-state index in [2.05, 4.69) is 38.2 Å². The molecule has 0 unspecified atom stereocenters. The summed E-state index contributed by atoms with van der Waals surface area (Å²) in [5, 5.41) is 2.54. The molecule has 1 N–H and O–H groups in total. The van der Waals surface area contributed by atoms with Gasteiger partial charge in [0.15, 0.2) is 0 Å². The number of nitrogens with one attached hydrogen (secondary N) is 1. The van der Waals surface area contributed by atoms with Crippen LogP contribution in [0.4, 0.5) is 5.69 Å². The highest BCUT2D eigenvalue weighted by molar-refractivity contribution is 8.00. The van der Waals surface area contributed by atoms with Gasteiger partial charge in [-0.1, -0.05) is 39.0 Å². The van der Waals surface area contributed by atoms with E-state index in [1.807, 2.05) is 26.0 Å². The zero-order valence-electron chi connectivity index (χ0n) is 18.1.